The van der Waals surface area contributed by atoms with Gasteiger partial charge in [0.1, 0.15) is 11.3 Å². The maximum atomic E-state index is 8.99. The van der Waals surface area contributed by atoms with E-state index in [2.05, 4.69) is 20.3 Å². The summed E-state index contributed by atoms with van der Waals surface area (Å²) in [6.07, 6.45) is 4.45. The predicted molar refractivity (Wildman–Crippen MR) is 73.9 cm³/mol. The Hall–Kier alpha value is -2.09. The zero-order chi connectivity index (χ0) is 14.5. The van der Waals surface area contributed by atoms with E-state index < -0.39 is 0 Å². The quantitative estimate of drug-likeness (QED) is 0.374. The largest absolute Gasteiger partial charge is 0.440 e. The molecule has 106 valence electrons. The van der Waals surface area contributed by atoms with E-state index in [1.165, 1.54) is 18.0 Å². The second-order valence-electron chi connectivity index (χ2n) is 3.90. The molecule has 0 saturated heterocycles. The van der Waals surface area contributed by atoms with Gasteiger partial charge in [-0.25, -0.2) is 4.98 Å². The van der Waals surface area contributed by atoms with Crippen LogP contribution >= 0.6 is 11.8 Å². The minimum absolute atomic E-state index is 0.0144. The van der Waals surface area contributed by atoms with Crippen LogP contribution in [0.25, 0.3) is 0 Å². The van der Waals surface area contributed by atoms with Gasteiger partial charge in [0.05, 0.1) is 17.5 Å². The molecule has 0 aliphatic heterocycles. The monoisotopic (exact) mass is 293 g/mol. The lowest BCUT2D eigenvalue weighted by Gasteiger charge is -2.12. The molecule has 7 nitrogen and oxygen atoms in total. The summed E-state index contributed by atoms with van der Waals surface area (Å²) in [6, 6.07) is 0. The van der Waals surface area contributed by atoms with Crippen molar-refractivity contribution in [2.45, 2.75) is 36.9 Å². The van der Waals surface area contributed by atoms with Crippen LogP contribution in [0.5, 0.6) is 0 Å². The van der Waals surface area contributed by atoms with Crippen molar-refractivity contribution in [3.63, 3.8) is 0 Å². The fourth-order valence-corrected chi connectivity index (χ4v) is 2.68. The second-order valence-corrected chi connectivity index (χ2v) is 4.84. The normalized spacial score (nSPS) is 11.8. The molecule has 0 saturated carbocycles. The number of amidine groups is 1. The Morgan fingerprint density at radius 2 is 2.20 bits per heavy atom. The summed E-state index contributed by atoms with van der Waals surface area (Å²) in [5.74, 6) is 0.0144. The average molecular weight is 293 g/mol. The van der Waals surface area contributed by atoms with Crippen molar-refractivity contribution in [1.29, 1.82) is 0 Å². The van der Waals surface area contributed by atoms with E-state index in [9.17, 15) is 0 Å². The molecule has 0 radical (unpaired) electrons. The minimum Gasteiger partial charge on any atom is -0.440 e. The number of rotatable bonds is 5. The van der Waals surface area contributed by atoms with E-state index in [4.69, 9.17) is 15.4 Å². The van der Waals surface area contributed by atoms with Gasteiger partial charge in [0.25, 0.3) is 5.22 Å². The van der Waals surface area contributed by atoms with Crippen LogP contribution in [0.3, 0.4) is 0 Å². The maximum absolute atomic E-state index is 8.99. The number of nitrogens with two attached hydrogens (primary N) is 1. The smallest absolute Gasteiger partial charge is 0.262 e. The molecule has 2 aromatic rings. The molecule has 20 heavy (non-hydrogen) atoms. The van der Waals surface area contributed by atoms with Crippen LogP contribution in [0.2, 0.25) is 0 Å². The van der Waals surface area contributed by atoms with Gasteiger partial charge in [-0.2, -0.15) is 5.10 Å². The summed E-state index contributed by atoms with van der Waals surface area (Å²) < 4.78 is 5.18. The molecule has 0 atom stereocenters. The first kappa shape index (κ1) is 14.3. The first-order valence-electron chi connectivity index (χ1n) is 6.14. The predicted octanol–water partition coefficient (Wildman–Crippen LogP) is 1.84. The molecule has 3 N–H and O–H groups in total. The summed E-state index contributed by atoms with van der Waals surface area (Å²) in [4.78, 5) is 4.02. The summed E-state index contributed by atoms with van der Waals surface area (Å²) in [5.41, 5.74) is 8.14. The van der Waals surface area contributed by atoms with E-state index in [1.54, 1.807) is 6.20 Å². The van der Waals surface area contributed by atoms with Gasteiger partial charge in [-0.15, -0.1) is 5.10 Å². The van der Waals surface area contributed by atoms with Gasteiger partial charge in [0.15, 0.2) is 5.84 Å². The molecule has 0 spiro atoms. The van der Waals surface area contributed by atoms with Crippen LogP contribution in [0.4, 0.5) is 0 Å². The Bertz CT molecular complexity index is 613. The third kappa shape index (κ3) is 2.74. The fourth-order valence-electron chi connectivity index (χ4n) is 1.88. The minimum atomic E-state index is 0.0144. The van der Waals surface area contributed by atoms with Crippen molar-refractivity contribution < 1.29 is 9.62 Å². The number of hydrogen-bond donors (Lipinski definition) is 2. The van der Waals surface area contributed by atoms with Gasteiger partial charge in [-0.3, -0.25) is 0 Å². The van der Waals surface area contributed by atoms with Crippen molar-refractivity contribution in [1.82, 2.24) is 15.2 Å². The van der Waals surface area contributed by atoms with Crippen LogP contribution in [0.1, 0.15) is 30.7 Å². The number of oxazole rings is 1. The zero-order valence-electron chi connectivity index (χ0n) is 11.2. The topological polar surface area (TPSA) is 110 Å². The highest BCUT2D eigenvalue weighted by Gasteiger charge is 2.20. The number of aromatic nitrogens is 3. The number of hydrogen-bond acceptors (Lipinski definition) is 7. The summed E-state index contributed by atoms with van der Waals surface area (Å²) >= 11 is 1.19. The number of oxime groups is 1. The fraction of sp³-hybridized carbons (Fsp3) is 0.333. The standard InChI is InChI=1S/C12H15N5O2S/c1-3-7-8(4-2)15-16-11(9(7)10(13)17-18)20-12-14-5-6-19-12/h5-6,18H,3-4H2,1-2H3,(H2,13,17). The third-order valence-electron chi connectivity index (χ3n) is 2.77. The third-order valence-corrected chi connectivity index (χ3v) is 3.63. The molecule has 0 bridgehead atoms. The lowest BCUT2D eigenvalue weighted by molar-refractivity contribution is 0.318. The van der Waals surface area contributed by atoms with Crippen molar-refractivity contribution in [3.8, 4) is 0 Å². The molecule has 0 unspecified atom stereocenters. The first-order chi connectivity index (χ1) is 9.71. The van der Waals surface area contributed by atoms with Crippen molar-refractivity contribution in [2.75, 3.05) is 0 Å². The van der Waals surface area contributed by atoms with E-state index in [-0.39, 0.29) is 5.84 Å². The zero-order valence-corrected chi connectivity index (χ0v) is 12.0. The van der Waals surface area contributed by atoms with Crippen molar-refractivity contribution in [3.05, 3.63) is 29.3 Å². The summed E-state index contributed by atoms with van der Waals surface area (Å²) in [5, 5.41) is 21.4. The Labute approximate surface area is 120 Å². The van der Waals surface area contributed by atoms with Crippen LogP contribution in [-0.2, 0) is 12.8 Å². The molecule has 0 aromatic carbocycles. The van der Waals surface area contributed by atoms with Gasteiger partial charge in [-0.1, -0.05) is 19.0 Å². The highest BCUT2D eigenvalue weighted by molar-refractivity contribution is 7.99. The molecule has 0 aliphatic carbocycles. The molecular formula is C12H15N5O2S. The van der Waals surface area contributed by atoms with Gasteiger partial charge in [0, 0.05) is 0 Å². The van der Waals surface area contributed by atoms with E-state index in [0.717, 1.165) is 17.7 Å². The number of aryl methyl sites for hydroxylation is 1. The van der Waals surface area contributed by atoms with Crippen LogP contribution in [-0.4, -0.2) is 26.2 Å². The Balaban J connectivity index is 2.55. The van der Waals surface area contributed by atoms with E-state index >= 15 is 0 Å². The van der Waals surface area contributed by atoms with Gasteiger partial charge < -0.3 is 15.4 Å². The first-order valence-corrected chi connectivity index (χ1v) is 6.96. The molecule has 0 amide bonds. The lowest BCUT2D eigenvalue weighted by Crippen LogP contribution is -2.20. The second kappa shape index (κ2) is 6.38. The van der Waals surface area contributed by atoms with Gasteiger partial charge in [-0.05, 0) is 30.2 Å². The van der Waals surface area contributed by atoms with Crippen molar-refractivity contribution >= 4 is 17.6 Å². The Morgan fingerprint density at radius 3 is 2.75 bits per heavy atom. The molecule has 2 heterocycles. The molecular weight excluding hydrogens is 278 g/mol. The Morgan fingerprint density at radius 1 is 1.40 bits per heavy atom. The Kier molecular flexibility index (Phi) is 4.57. The highest BCUT2D eigenvalue weighted by Crippen LogP contribution is 2.30. The van der Waals surface area contributed by atoms with Crippen LogP contribution < -0.4 is 5.73 Å². The maximum Gasteiger partial charge on any atom is 0.262 e. The SMILES string of the molecule is CCc1nnc(Sc2ncco2)c(/C(N)=N/O)c1CC. The van der Waals surface area contributed by atoms with Crippen LogP contribution in [0.15, 0.2) is 32.3 Å². The number of nitrogens with zero attached hydrogens (tertiary/aromatic N) is 4. The average Bonchev–Trinajstić information content (AvgIpc) is 2.98. The van der Waals surface area contributed by atoms with Crippen molar-refractivity contribution in [2.24, 2.45) is 10.9 Å². The van der Waals surface area contributed by atoms with E-state index in [0.29, 0.717) is 22.2 Å². The van der Waals surface area contributed by atoms with Gasteiger partial charge in [0.2, 0.25) is 0 Å². The lowest BCUT2D eigenvalue weighted by atomic mass is 10.0. The highest BCUT2D eigenvalue weighted by atomic mass is 32.2. The molecule has 2 rings (SSSR count). The van der Waals surface area contributed by atoms with E-state index in [1.807, 2.05) is 13.8 Å². The summed E-state index contributed by atoms with van der Waals surface area (Å²) in [6.45, 7) is 3.98. The van der Waals surface area contributed by atoms with Gasteiger partial charge >= 0.3 is 0 Å². The molecule has 8 heteroatoms. The molecule has 2 aromatic heterocycles. The van der Waals surface area contributed by atoms with Crippen LogP contribution in [0, 0.1) is 0 Å². The molecule has 0 fully saturated rings. The molecule has 0 aliphatic rings. The summed E-state index contributed by atoms with van der Waals surface area (Å²) in [7, 11) is 0.